The average molecular weight is 560 g/mol. The molecule has 3 aromatic carbocycles. The highest BCUT2D eigenvalue weighted by Gasteiger charge is 2.31. The molecule has 0 unspecified atom stereocenters. The number of aliphatic hydroxyl groups excluding tert-OH is 1. The maximum absolute atomic E-state index is 13.2. The third-order valence-corrected chi connectivity index (χ3v) is 7.79. The number of hydrogen-bond acceptors (Lipinski definition) is 7. The van der Waals surface area contributed by atoms with Crippen molar-refractivity contribution in [1.82, 2.24) is 14.9 Å². The number of aliphatic hydroxyl groups is 1. The lowest BCUT2D eigenvalue weighted by atomic mass is 10.0. The van der Waals surface area contributed by atoms with E-state index in [9.17, 15) is 14.7 Å². The quantitative estimate of drug-likeness (QED) is 0.196. The first kappa shape index (κ1) is 26.6. The number of aromatic nitrogens is 2. The number of ether oxygens (including phenoxy) is 1. The van der Waals surface area contributed by atoms with Crippen molar-refractivity contribution in [3.63, 3.8) is 0 Å². The summed E-state index contributed by atoms with van der Waals surface area (Å²) in [5, 5.41) is 18.3. The Morgan fingerprint density at radius 2 is 1.92 bits per heavy atom. The van der Waals surface area contributed by atoms with Gasteiger partial charge in [0.1, 0.15) is 15.9 Å². The van der Waals surface area contributed by atoms with E-state index < -0.39 is 5.97 Å². The minimum Gasteiger partial charge on any atom is -0.496 e. The fraction of sp³-hybridized carbons (Fsp3) is 0.172. The van der Waals surface area contributed by atoms with Crippen molar-refractivity contribution in [2.75, 3.05) is 20.3 Å². The number of carboxylic acids is 1. The maximum atomic E-state index is 13.2. The molecule has 3 N–H and O–H groups in total. The second-order valence-corrected chi connectivity index (χ2v) is 10.6. The van der Waals surface area contributed by atoms with Crippen LogP contribution in [-0.4, -0.2) is 61.5 Å². The van der Waals surface area contributed by atoms with Gasteiger partial charge in [-0.25, -0.2) is 9.78 Å². The molecule has 10 heteroatoms. The largest absolute Gasteiger partial charge is 0.496 e. The van der Waals surface area contributed by atoms with Gasteiger partial charge in [-0.3, -0.25) is 9.69 Å². The SMILES string of the molecule is COc1ccc(/C=C2\SC(=S)N(CCc3ccc(C(=O)O)cc3)C2=O)cc1-c1ccc2nc(CCO)[nH]c2c1. The van der Waals surface area contributed by atoms with Crippen LogP contribution in [0.3, 0.4) is 0 Å². The zero-order chi connectivity index (χ0) is 27.5. The van der Waals surface area contributed by atoms with Crippen molar-refractivity contribution >= 4 is 57.3 Å². The Morgan fingerprint density at radius 1 is 1.13 bits per heavy atom. The number of methoxy groups -OCH3 is 1. The maximum Gasteiger partial charge on any atom is 0.335 e. The molecule has 0 atom stereocenters. The van der Waals surface area contributed by atoms with Crippen LogP contribution in [0.25, 0.3) is 28.2 Å². The number of thioether (sulfide) groups is 1. The van der Waals surface area contributed by atoms with E-state index in [1.165, 1.54) is 11.8 Å². The molecule has 1 aliphatic rings. The molecule has 0 aliphatic carbocycles. The summed E-state index contributed by atoms with van der Waals surface area (Å²) in [6, 6.07) is 18.2. The lowest BCUT2D eigenvalue weighted by Crippen LogP contribution is -2.30. The Kier molecular flexibility index (Phi) is 7.78. The minimum absolute atomic E-state index is 0.0225. The number of aromatic carboxylic acids is 1. The number of fused-ring (bicyclic) bond motifs is 1. The molecule has 5 rings (SSSR count). The fourth-order valence-electron chi connectivity index (χ4n) is 4.39. The number of nitrogens with zero attached hydrogens (tertiary/aromatic N) is 2. The number of aromatic amines is 1. The van der Waals surface area contributed by atoms with Crippen LogP contribution in [0.2, 0.25) is 0 Å². The number of H-pyrrole nitrogens is 1. The fourth-order valence-corrected chi connectivity index (χ4v) is 5.70. The van der Waals surface area contributed by atoms with Crippen molar-refractivity contribution in [1.29, 1.82) is 0 Å². The van der Waals surface area contributed by atoms with Gasteiger partial charge >= 0.3 is 5.97 Å². The molecule has 1 saturated heterocycles. The Balaban J connectivity index is 1.36. The molecule has 1 fully saturated rings. The van der Waals surface area contributed by atoms with Gasteiger partial charge < -0.3 is 19.9 Å². The number of benzene rings is 3. The highest BCUT2D eigenvalue weighted by Crippen LogP contribution is 2.36. The van der Waals surface area contributed by atoms with Gasteiger partial charge in [0.25, 0.3) is 5.91 Å². The molecule has 4 aromatic rings. The van der Waals surface area contributed by atoms with Crippen LogP contribution >= 0.6 is 24.0 Å². The first-order valence-electron chi connectivity index (χ1n) is 12.2. The number of rotatable bonds is 9. The van der Waals surface area contributed by atoms with Crippen molar-refractivity contribution in [2.45, 2.75) is 12.8 Å². The number of carbonyl (C=O) groups excluding carboxylic acids is 1. The number of hydrogen-bond donors (Lipinski definition) is 3. The van der Waals surface area contributed by atoms with Gasteiger partial charge in [-0.15, -0.1) is 0 Å². The monoisotopic (exact) mass is 559 g/mol. The summed E-state index contributed by atoms with van der Waals surface area (Å²) >= 11 is 6.76. The Morgan fingerprint density at radius 3 is 2.64 bits per heavy atom. The second-order valence-electron chi connectivity index (χ2n) is 8.93. The van der Waals surface area contributed by atoms with Crippen LogP contribution < -0.4 is 4.74 Å². The van der Waals surface area contributed by atoms with E-state index >= 15 is 0 Å². The highest BCUT2D eigenvalue weighted by atomic mass is 32.2. The predicted molar refractivity (Wildman–Crippen MR) is 156 cm³/mol. The molecule has 0 spiro atoms. The minimum atomic E-state index is -0.973. The first-order chi connectivity index (χ1) is 18.9. The molecule has 0 bridgehead atoms. The van der Waals surface area contributed by atoms with E-state index in [0.29, 0.717) is 34.4 Å². The van der Waals surface area contributed by atoms with Gasteiger partial charge in [-0.1, -0.05) is 48.2 Å². The molecule has 1 aromatic heterocycles. The standard InChI is InChI=1S/C29H25N3O5S2/c1-37-24-9-4-18(14-21(24)20-7-8-22-23(16-20)31-26(30-22)11-13-33)15-25-27(34)32(29(38)39-25)12-10-17-2-5-19(6-3-17)28(35)36/h2-9,14-16,33H,10-13H2,1H3,(H,30,31)(H,35,36)/b25-15-. The zero-order valence-electron chi connectivity index (χ0n) is 21.0. The second kappa shape index (κ2) is 11.4. The van der Waals surface area contributed by atoms with Gasteiger partial charge in [-0.2, -0.15) is 0 Å². The molecular formula is C29H25N3O5S2. The number of thiocarbonyl (C=S) groups is 1. The van der Waals surface area contributed by atoms with Gasteiger partial charge in [-0.05, 0) is 65.6 Å². The molecule has 198 valence electrons. The van der Waals surface area contributed by atoms with E-state index in [4.69, 9.17) is 22.1 Å². The summed E-state index contributed by atoms with van der Waals surface area (Å²) in [6.45, 7) is 0.430. The molecule has 1 amide bonds. The molecule has 0 saturated carbocycles. The van der Waals surface area contributed by atoms with Gasteiger partial charge in [0.05, 0.1) is 35.2 Å². The third kappa shape index (κ3) is 5.73. The first-order valence-corrected chi connectivity index (χ1v) is 13.4. The number of carbonyl (C=O) groups is 2. The summed E-state index contributed by atoms with van der Waals surface area (Å²) < 4.78 is 6.11. The number of nitrogens with one attached hydrogen (secondary N) is 1. The van der Waals surface area contributed by atoms with Gasteiger partial charge in [0.15, 0.2) is 0 Å². The number of carboxylic acid groups (broad SMARTS) is 1. The van der Waals surface area contributed by atoms with Crippen molar-refractivity contribution in [2.24, 2.45) is 0 Å². The molecule has 2 heterocycles. The summed E-state index contributed by atoms with van der Waals surface area (Å²) in [6.07, 6.45) is 2.85. The van der Waals surface area contributed by atoms with E-state index in [1.54, 1.807) is 36.3 Å². The Hall–Kier alpha value is -3.99. The van der Waals surface area contributed by atoms with Crippen LogP contribution in [0.1, 0.15) is 27.3 Å². The lowest BCUT2D eigenvalue weighted by Gasteiger charge is -2.14. The van der Waals surface area contributed by atoms with Crippen LogP contribution in [-0.2, 0) is 17.6 Å². The number of imidazole rings is 1. The van der Waals surface area contributed by atoms with Crippen LogP contribution in [0.5, 0.6) is 5.75 Å². The van der Waals surface area contributed by atoms with Gasteiger partial charge in [0, 0.05) is 18.5 Å². The van der Waals surface area contributed by atoms with Crippen LogP contribution in [0, 0.1) is 0 Å². The summed E-state index contributed by atoms with van der Waals surface area (Å²) in [5.41, 5.74) is 5.46. The molecular weight excluding hydrogens is 534 g/mol. The van der Waals surface area contributed by atoms with Crippen LogP contribution in [0.4, 0.5) is 0 Å². The topological polar surface area (TPSA) is 116 Å². The van der Waals surface area contributed by atoms with Gasteiger partial charge in [0.2, 0.25) is 0 Å². The normalized spacial score (nSPS) is 14.5. The Labute approximate surface area is 234 Å². The predicted octanol–water partition coefficient (Wildman–Crippen LogP) is 4.92. The average Bonchev–Trinajstić information content (AvgIpc) is 3.46. The smallest absolute Gasteiger partial charge is 0.335 e. The van der Waals surface area contributed by atoms with E-state index in [2.05, 4.69) is 9.97 Å². The third-order valence-electron chi connectivity index (χ3n) is 6.41. The Bertz CT molecular complexity index is 1610. The number of amides is 1. The highest BCUT2D eigenvalue weighted by molar-refractivity contribution is 8.26. The van der Waals surface area contributed by atoms with Crippen molar-refractivity contribution in [3.05, 3.63) is 88.1 Å². The van der Waals surface area contributed by atoms with Crippen LogP contribution in [0.15, 0.2) is 65.6 Å². The van der Waals surface area contributed by atoms with Crippen molar-refractivity contribution < 1.29 is 24.5 Å². The summed E-state index contributed by atoms with van der Waals surface area (Å²) in [4.78, 5) is 34.1. The summed E-state index contributed by atoms with van der Waals surface area (Å²) in [7, 11) is 1.62. The molecule has 0 radical (unpaired) electrons. The summed E-state index contributed by atoms with van der Waals surface area (Å²) in [5.74, 6) is 0.298. The molecule has 8 nitrogen and oxygen atoms in total. The van der Waals surface area contributed by atoms with E-state index in [-0.39, 0.29) is 18.1 Å². The molecule has 1 aliphatic heterocycles. The van der Waals surface area contributed by atoms with Crippen molar-refractivity contribution in [3.8, 4) is 16.9 Å². The van der Waals surface area contributed by atoms with E-state index in [0.717, 1.165) is 39.1 Å². The van der Waals surface area contributed by atoms with E-state index in [1.807, 2.05) is 42.5 Å². The lowest BCUT2D eigenvalue weighted by molar-refractivity contribution is -0.122. The zero-order valence-corrected chi connectivity index (χ0v) is 22.6. The molecule has 39 heavy (non-hydrogen) atoms.